The lowest BCUT2D eigenvalue weighted by Crippen LogP contribution is -2.03. The topological polar surface area (TPSA) is 30.7 Å². The van der Waals surface area contributed by atoms with Crippen molar-refractivity contribution in [2.45, 2.75) is 38.6 Å². The summed E-state index contributed by atoms with van der Waals surface area (Å²) in [4.78, 5) is 2.74. The molecule has 90 valence electrons. The average molecular weight is 268 g/mol. The normalized spacial score (nSPS) is 15.4. The number of aromatic nitrogens is 3. The monoisotopic (exact) mass is 267 g/mol. The Morgan fingerprint density at radius 3 is 2.76 bits per heavy atom. The van der Waals surface area contributed by atoms with Gasteiger partial charge in [-0.1, -0.05) is 6.92 Å². The molecule has 0 spiro atoms. The van der Waals surface area contributed by atoms with E-state index in [-0.39, 0.29) is 0 Å². The van der Waals surface area contributed by atoms with Gasteiger partial charge >= 0.3 is 0 Å². The molecular formula is C12H14ClN3S. The Hall–Kier alpha value is -0.870. The lowest BCUT2D eigenvalue weighted by molar-refractivity contribution is 0.735. The third-order valence-corrected chi connectivity index (χ3v) is 4.55. The Labute approximate surface area is 109 Å². The maximum Gasteiger partial charge on any atom is 0.225 e. The summed E-state index contributed by atoms with van der Waals surface area (Å²) in [5, 5.41) is 8.68. The maximum atomic E-state index is 6.10. The Kier molecular flexibility index (Phi) is 2.92. The van der Waals surface area contributed by atoms with Gasteiger partial charge in [-0.05, 0) is 43.0 Å². The number of hydrogen-bond acceptors (Lipinski definition) is 3. The summed E-state index contributed by atoms with van der Waals surface area (Å²) in [6, 6.07) is 4.37. The second-order valence-electron chi connectivity index (χ2n) is 4.41. The smallest absolute Gasteiger partial charge is 0.225 e. The molecule has 0 bridgehead atoms. The van der Waals surface area contributed by atoms with Gasteiger partial charge in [0.15, 0.2) is 0 Å². The first kappa shape index (κ1) is 11.2. The van der Waals surface area contributed by atoms with Gasteiger partial charge in [0.25, 0.3) is 0 Å². The minimum absolute atomic E-state index is 0.512. The molecule has 1 fully saturated rings. The van der Waals surface area contributed by atoms with Gasteiger partial charge in [0.05, 0.1) is 6.54 Å². The van der Waals surface area contributed by atoms with E-state index in [1.807, 2.05) is 15.9 Å². The van der Waals surface area contributed by atoms with Crippen molar-refractivity contribution in [3.05, 3.63) is 33.0 Å². The van der Waals surface area contributed by atoms with Crippen molar-refractivity contribution in [1.82, 2.24) is 14.8 Å². The van der Waals surface area contributed by atoms with Crippen LogP contribution in [0.25, 0.3) is 0 Å². The zero-order valence-electron chi connectivity index (χ0n) is 9.69. The van der Waals surface area contributed by atoms with Crippen LogP contribution in [0.1, 0.15) is 41.3 Å². The van der Waals surface area contributed by atoms with Gasteiger partial charge in [-0.15, -0.1) is 21.5 Å². The molecule has 0 aromatic carbocycles. The first-order chi connectivity index (χ1) is 8.28. The third-order valence-electron chi connectivity index (χ3n) is 3.06. The van der Waals surface area contributed by atoms with Crippen molar-refractivity contribution >= 4 is 22.9 Å². The molecule has 3 rings (SSSR count). The van der Waals surface area contributed by atoms with Crippen LogP contribution in [0.4, 0.5) is 0 Å². The molecule has 0 radical (unpaired) electrons. The predicted molar refractivity (Wildman–Crippen MR) is 69.8 cm³/mol. The highest BCUT2D eigenvalue weighted by atomic mass is 35.5. The maximum absolute atomic E-state index is 6.10. The number of nitrogens with zero attached hydrogens (tertiary/aromatic N) is 3. The lowest BCUT2D eigenvalue weighted by Gasteiger charge is -2.04. The molecule has 2 aromatic rings. The predicted octanol–water partition coefficient (Wildman–Crippen LogP) is 3.48. The first-order valence-corrected chi connectivity index (χ1v) is 7.13. The van der Waals surface area contributed by atoms with E-state index in [4.69, 9.17) is 11.6 Å². The van der Waals surface area contributed by atoms with Crippen molar-refractivity contribution in [2.24, 2.45) is 0 Å². The number of rotatable bonds is 4. The van der Waals surface area contributed by atoms with Gasteiger partial charge in [0, 0.05) is 15.7 Å². The zero-order chi connectivity index (χ0) is 11.8. The van der Waals surface area contributed by atoms with Crippen LogP contribution in [0.5, 0.6) is 0 Å². The van der Waals surface area contributed by atoms with Crippen LogP contribution in [0, 0.1) is 0 Å². The SMILES string of the molecule is CCc1ccc(Cn2c(Cl)nnc2C2CC2)s1. The van der Waals surface area contributed by atoms with Crippen LogP contribution in [0.2, 0.25) is 5.28 Å². The van der Waals surface area contributed by atoms with E-state index in [9.17, 15) is 0 Å². The van der Waals surface area contributed by atoms with Crippen molar-refractivity contribution in [3.63, 3.8) is 0 Å². The van der Waals surface area contributed by atoms with Crippen molar-refractivity contribution in [2.75, 3.05) is 0 Å². The summed E-state index contributed by atoms with van der Waals surface area (Å²) < 4.78 is 2.05. The highest BCUT2D eigenvalue weighted by Crippen LogP contribution is 2.40. The van der Waals surface area contributed by atoms with Gasteiger partial charge in [0.2, 0.25) is 5.28 Å². The van der Waals surface area contributed by atoms with Crippen molar-refractivity contribution in [1.29, 1.82) is 0 Å². The molecule has 5 heteroatoms. The van der Waals surface area contributed by atoms with Crippen molar-refractivity contribution < 1.29 is 0 Å². The van der Waals surface area contributed by atoms with Gasteiger partial charge in [-0.3, -0.25) is 4.57 Å². The molecule has 0 atom stereocenters. The fraction of sp³-hybridized carbons (Fsp3) is 0.500. The molecule has 0 unspecified atom stereocenters. The van der Waals surface area contributed by atoms with Gasteiger partial charge in [-0.25, -0.2) is 0 Å². The molecule has 17 heavy (non-hydrogen) atoms. The molecule has 1 aliphatic rings. The Balaban J connectivity index is 1.86. The fourth-order valence-electron chi connectivity index (χ4n) is 1.94. The summed E-state index contributed by atoms with van der Waals surface area (Å²) >= 11 is 7.95. The summed E-state index contributed by atoms with van der Waals surface area (Å²) in [6.45, 7) is 2.99. The van der Waals surface area contributed by atoms with E-state index in [0.29, 0.717) is 11.2 Å². The van der Waals surface area contributed by atoms with Gasteiger partial charge in [-0.2, -0.15) is 0 Å². The lowest BCUT2D eigenvalue weighted by atomic mass is 10.3. The number of aryl methyl sites for hydroxylation is 1. The van der Waals surface area contributed by atoms with Crippen molar-refractivity contribution in [3.8, 4) is 0 Å². The van der Waals surface area contributed by atoms with E-state index in [1.54, 1.807) is 0 Å². The summed E-state index contributed by atoms with van der Waals surface area (Å²) in [7, 11) is 0. The van der Waals surface area contributed by atoms with Crippen LogP contribution in [0.3, 0.4) is 0 Å². The second-order valence-corrected chi connectivity index (χ2v) is 6.00. The van der Waals surface area contributed by atoms with Crippen LogP contribution in [-0.4, -0.2) is 14.8 Å². The Bertz CT molecular complexity index is 528. The van der Waals surface area contributed by atoms with Crippen LogP contribution in [-0.2, 0) is 13.0 Å². The number of hydrogen-bond donors (Lipinski definition) is 0. The average Bonchev–Trinajstić information content (AvgIpc) is 2.97. The molecule has 0 N–H and O–H groups in total. The molecule has 0 amide bonds. The molecule has 2 aromatic heterocycles. The standard InChI is InChI=1S/C12H14ClN3S/c1-2-9-5-6-10(17-9)7-16-11(8-3-4-8)14-15-12(16)13/h5-6,8H,2-4,7H2,1H3. The Morgan fingerprint density at radius 1 is 1.35 bits per heavy atom. The largest absolute Gasteiger partial charge is 0.296 e. The quantitative estimate of drug-likeness (QED) is 0.849. The number of thiophene rings is 1. The van der Waals surface area contributed by atoms with Gasteiger partial charge < -0.3 is 0 Å². The van der Waals surface area contributed by atoms with Crippen LogP contribution < -0.4 is 0 Å². The molecule has 0 saturated heterocycles. The molecule has 3 nitrogen and oxygen atoms in total. The first-order valence-electron chi connectivity index (χ1n) is 5.94. The van der Waals surface area contributed by atoms with Crippen LogP contribution >= 0.6 is 22.9 Å². The van der Waals surface area contributed by atoms with E-state index in [0.717, 1.165) is 18.8 Å². The highest BCUT2D eigenvalue weighted by molar-refractivity contribution is 7.11. The third kappa shape index (κ3) is 2.24. The number of halogens is 1. The van der Waals surface area contributed by atoms with E-state index in [1.165, 1.54) is 22.6 Å². The molecule has 1 aliphatic carbocycles. The highest BCUT2D eigenvalue weighted by Gasteiger charge is 2.30. The fourth-order valence-corrected chi connectivity index (χ4v) is 3.07. The van der Waals surface area contributed by atoms with E-state index >= 15 is 0 Å². The second kappa shape index (κ2) is 4.42. The molecule has 2 heterocycles. The summed E-state index contributed by atoms with van der Waals surface area (Å²) in [5.41, 5.74) is 0. The summed E-state index contributed by atoms with van der Waals surface area (Å²) in [6.07, 6.45) is 3.54. The van der Waals surface area contributed by atoms with Crippen LogP contribution in [0.15, 0.2) is 12.1 Å². The molecular weight excluding hydrogens is 254 g/mol. The minimum atomic E-state index is 0.512. The van der Waals surface area contributed by atoms with E-state index < -0.39 is 0 Å². The summed E-state index contributed by atoms with van der Waals surface area (Å²) in [5.74, 6) is 1.64. The molecule has 0 aliphatic heterocycles. The molecule has 1 saturated carbocycles. The Morgan fingerprint density at radius 2 is 2.12 bits per heavy atom. The zero-order valence-corrected chi connectivity index (χ0v) is 11.3. The van der Waals surface area contributed by atoms with E-state index in [2.05, 4.69) is 29.3 Å². The van der Waals surface area contributed by atoms with Gasteiger partial charge in [0.1, 0.15) is 5.82 Å². The minimum Gasteiger partial charge on any atom is -0.296 e.